The molecule has 5 aromatic carbocycles. The first-order valence-electron chi connectivity index (χ1n) is 24.8. The topological polar surface area (TPSA) is 194 Å². The average molecular weight is 1070 g/mol. The molecule has 2 aliphatic heterocycles. The van der Waals surface area contributed by atoms with E-state index >= 15 is 0 Å². The first-order chi connectivity index (χ1) is 36.1. The van der Waals surface area contributed by atoms with Crippen molar-refractivity contribution in [3.05, 3.63) is 178 Å². The van der Waals surface area contributed by atoms with E-state index < -0.39 is 80.8 Å². The molecule has 19 heteroatoms. The number of carbonyl (C=O) groups is 2. The third kappa shape index (κ3) is 16.2. The Labute approximate surface area is 443 Å². The Morgan fingerprint density at radius 1 is 0.693 bits per heavy atom. The molecule has 10 atom stereocenters. The second kappa shape index (κ2) is 27.4. The van der Waals surface area contributed by atoms with E-state index in [-0.39, 0.29) is 43.6 Å². The summed E-state index contributed by atoms with van der Waals surface area (Å²) in [6.45, 7) is 13.1. The second-order valence-corrected chi connectivity index (χ2v) is 25.5. The predicted octanol–water partition coefficient (Wildman–Crippen LogP) is 11.0. The van der Waals surface area contributed by atoms with Gasteiger partial charge in [-0.3, -0.25) is 9.37 Å². The molecule has 2 saturated heterocycles. The van der Waals surface area contributed by atoms with Crippen LogP contribution in [0.3, 0.4) is 0 Å². The van der Waals surface area contributed by atoms with Gasteiger partial charge in [0, 0.05) is 16.7 Å². The lowest BCUT2D eigenvalue weighted by Crippen LogP contribution is -2.66. The highest BCUT2D eigenvalue weighted by Crippen LogP contribution is 2.42. The van der Waals surface area contributed by atoms with E-state index in [1.165, 1.54) is 18.7 Å². The Balaban J connectivity index is 1.33. The summed E-state index contributed by atoms with van der Waals surface area (Å²) in [6.07, 6.45) is -9.86. The van der Waals surface area contributed by atoms with Crippen LogP contribution in [0.25, 0.3) is 10.4 Å². The van der Waals surface area contributed by atoms with Gasteiger partial charge in [-0.2, -0.15) is 0 Å². The van der Waals surface area contributed by atoms with E-state index in [9.17, 15) is 15.1 Å². The minimum Gasteiger partial charge on any atom is -0.497 e. The fourth-order valence-corrected chi connectivity index (χ4v) is 9.58. The van der Waals surface area contributed by atoms with Crippen molar-refractivity contribution in [2.75, 3.05) is 20.3 Å². The molecule has 2 fully saturated rings. The molecule has 0 spiro atoms. The van der Waals surface area contributed by atoms with Crippen molar-refractivity contribution < 1.29 is 66.7 Å². The number of esters is 2. The summed E-state index contributed by atoms with van der Waals surface area (Å²) in [4.78, 5) is 49.5. The highest BCUT2D eigenvalue weighted by atomic mass is 32.2. The number of hydrogen-bond donors (Lipinski definition) is 0. The van der Waals surface area contributed by atoms with Gasteiger partial charge in [-0.25, -0.2) is 19.5 Å². The van der Waals surface area contributed by atoms with Gasteiger partial charge in [-0.15, -0.1) is 0 Å². The molecule has 0 bridgehead atoms. The molecule has 75 heavy (non-hydrogen) atoms. The van der Waals surface area contributed by atoms with E-state index in [1.54, 1.807) is 37.4 Å². The SMILES string of the molecule is COc1ccc(COOC[C@@H]2O[C@@H](O[C@H]3[C@H](OCc4ccccc4)[C@@H](N=[N+]=[N-])[C@H](Sc4ccc(C)cc4)O[C@@H]3COC(C)=O)[C@H](OC(=O)c3ccccc3)[C@@H](OCc3ccccc3)[C@@H]2OO[Si](C)(C)C(C)(C)C)cc1. The molecule has 17 nitrogen and oxygen atoms in total. The number of methoxy groups -OCH3 is 1. The molecule has 0 aromatic heterocycles. The van der Waals surface area contributed by atoms with Gasteiger partial charge >= 0.3 is 11.9 Å². The zero-order valence-electron chi connectivity index (χ0n) is 43.6. The summed E-state index contributed by atoms with van der Waals surface area (Å²) in [5.41, 5.74) is 13.1. The molecule has 2 heterocycles. The number of thioether (sulfide) groups is 1. The summed E-state index contributed by atoms with van der Waals surface area (Å²) in [6, 6.07) is 41.5. The molecule has 5 aromatic rings. The Bertz CT molecular complexity index is 2590. The minimum absolute atomic E-state index is 0.0282. The van der Waals surface area contributed by atoms with Crippen LogP contribution in [0.1, 0.15) is 60.3 Å². The number of hydrogen-bond acceptors (Lipinski definition) is 16. The number of aryl methyl sites for hydroxylation is 1. The van der Waals surface area contributed by atoms with Crippen molar-refractivity contribution in [3.8, 4) is 5.75 Å². The summed E-state index contributed by atoms with van der Waals surface area (Å²) >= 11 is 1.32. The lowest BCUT2D eigenvalue weighted by atomic mass is 9.96. The van der Waals surface area contributed by atoms with Crippen LogP contribution in [0.5, 0.6) is 5.75 Å². The Kier molecular flexibility index (Phi) is 20.9. The van der Waals surface area contributed by atoms with E-state index in [0.717, 1.165) is 27.1 Å². The molecular formula is C56H67N3O14SSi. The van der Waals surface area contributed by atoms with Crippen LogP contribution in [0, 0.1) is 6.92 Å². The summed E-state index contributed by atoms with van der Waals surface area (Å²) in [5.74, 6) is -0.613. The van der Waals surface area contributed by atoms with Crippen LogP contribution in [-0.4, -0.2) is 101 Å². The van der Waals surface area contributed by atoms with E-state index in [2.05, 4.69) is 30.8 Å². The number of azide groups is 1. The van der Waals surface area contributed by atoms with Crippen LogP contribution >= 0.6 is 11.8 Å². The number of carbonyl (C=O) groups excluding carboxylic acids is 2. The maximum atomic E-state index is 14.5. The maximum absolute atomic E-state index is 14.5. The molecule has 2 aliphatic rings. The number of benzene rings is 5. The largest absolute Gasteiger partial charge is 0.497 e. The van der Waals surface area contributed by atoms with Crippen LogP contribution in [0.2, 0.25) is 18.1 Å². The van der Waals surface area contributed by atoms with Crippen molar-refractivity contribution in [1.82, 2.24) is 0 Å². The van der Waals surface area contributed by atoms with Gasteiger partial charge in [0.1, 0.15) is 61.5 Å². The minimum atomic E-state index is -2.68. The molecule has 0 radical (unpaired) electrons. The van der Waals surface area contributed by atoms with Gasteiger partial charge in [-0.05, 0) is 83.7 Å². The van der Waals surface area contributed by atoms with Gasteiger partial charge in [0.25, 0.3) is 0 Å². The molecule has 0 unspecified atom stereocenters. The van der Waals surface area contributed by atoms with Gasteiger partial charge in [-0.1, -0.05) is 146 Å². The summed E-state index contributed by atoms with van der Waals surface area (Å²) in [7, 11) is -1.09. The monoisotopic (exact) mass is 1070 g/mol. The second-order valence-electron chi connectivity index (χ2n) is 19.7. The molecule has 0 amide bonds. The molecule has 0 N–H and O–H groups in total. The fraction of sp³-hybridized carbons (Fsp3) is 0.429. The highest BCUT2D eigenvalue weighted by molar-refractivity contribution is 7.99. The normalized spacial score (nSPS) is 23.9. The van der Waals surface area contributed by atoms with E-state index in [1.807, 2.05) is 129 Å². The molecule has 0 saturated carbocycles. The molecule has 400 valence electrons. The molecular weight excluding hydrogens is 999 g/mol. The van der Waals surface area contributed by atoms with Gasteiger partial charge in [0.15, 0.2) is 18.5 Å². The van der Waals surface area contributed by atoms with Gasteiger partial charge in [0.05, 0.1) is 32.0 Å². The van der Waals surface area contributed by atoms with Crippen molar-refractivity contribution in [2.24, 2.45) is 5.11 Å². The standard InChI is InChI=1S/C56H67N3O14SSi/c1-37-24-30-44(31-25-37)74-55-47(58-59-57)50(64-32-39-18-12-9-13-19-39)48(45(69-55)35-63-38(2)60)71-54-52(70-53(61)42-22-16-11-17-23-42)51(65-33-40-20-14-10-15-21-40)49(72-73-75(7,8)56(3,4)5)46(68-54)36-67-66-34-41-26-28-43(62-6)29-27-41/h9-31,45-52,54-55H,32-36H2,1-8H3/t45-,46+,47-,48-,49-,50-,51+,52-,54+,55+/m1/s1. The quantitative estimate of drug-likeness (QED) is 0.00827. The lowest BCUT2D eigenvalue weighted by molar-refractivity contribution is -0.400. The maximum Gasteiger partial charge on any atom is 0.338 e. The van der Waals surface area contributed by atoms with E-state index in [4.69, 9.17) is 57.1 Å². The zero-order chi connectivity index (χ0) is 53.4. The number of rotatable bonds is 24. The third-order valence-corrected chi connectivity index (χ3v) is 18.4. The Morgan fingerprint density at radius 2 is 1.28 bits per heavy atom. The number of ether oxygens (including phenoxy) is 8. The van der Waals surface area contributed by atoms with Crippen molar-refractivity contribution in [2.45, 2.75) is 138 Å². The predicted molar refractivity (Wildman–Crippen MR) is 281 cm³/mol. The van der Waals surface area contributed by atoms with Gasteiger partial charge < -0.3 is 37.9 Å². The molecule has 0 aliphatic carbocycles. The highest BCUT2D eigenvalue weighted by Gasteiger charge is 2.56. The van der Waals surface area contributed by atoms with Crippen molar-refractivity contribution in [3.63, 3.8) is 0 Å². The Hall–Kier alpha value is -5.64. The van der Waals surface area contributed by atoms with Crippen LogP contribution in [-0.2, 0) is 77.0 Å². The third-order valence-electron chi connectivity index (χ3n) is 13.1. The summed E-state index contributed by atoms with van der Waals surface area (Å²) < 4.78 is 58.7. The Morgan fingerprint density at radius 3 is 1.87 bits per heavy atom. The lowest BCUT2D eigenvalue weighted by Gasteiger charge is -2.49. The smallest absolute Gasteiger partial charge is 0.338 e. The van der Waals surface area contributed by atoms with Crippen molar-refractivity contribution >= 4 is 32.0 Å². The number of nitrogens with zero attached hydrogens (tertiary/aromatic N) is 3. The average Bonchev–Trinajstić information content (AvgIpc) is 3.41. The fourth-order valence-electron chi connectivity index (χ4n) is 7.87. The summed E-state index contributed by atoms with van der Waals surface area (Å²) in [5, 5.41) is 4.00. The molecule has 7 rings (SSSR count). The van der Waals surface area contributed by atoms with Crippen LogP contribution in [0.15, 0.2) is 150 Å². The van der Waals surface area contributed by atoms with Crippen molar-refractivity contribution in [1.29, 1.82) is 0 Å². The van der Waals surface area contributed by atoms with Gasteiger partial charge in [0.2, 0.25) is 8.32 Å². The first-order valence-corrected chi connectivity index (χ1v) is 28.6. The van der Waals surface area contributed by atoms with E-state index in [0.29, 0.717) is 5.75 Å². The zero-order valence-corrected chi connectivity index (χ0v) is 45.4. The van der Waals surface area contributed by atoms with Crippen LogP contribution < -0.4 is 4.74 Å². The van der Waals surface area contributed by atoms with Crippen LogP contribution in [0.4, 0.5) is 0 Å². The first kappa shape index (κ1) is 57.1.